The molecule has 0 radical (unpaired) electrons. The summed E-state index contributed by atoms with van der Waals surface area (Å²) in [5, 5.41) is 0.338. The first-order valence-electron chi connectivity index (χ1n) is 6.42. The maximum Gasteiger partial charge on any atom is 0.194 e. The quantitative estimate of drug-likeness (QED) is 0.507. The Bertz CT molecular complexity index is 473. The molecule has 3 N–H and O–H groups in total. The summed E-state index contributed by atoms with van der Waals surface area (Å²) in [6, 6.07) is 1.68. The van der Waals surface area contributed by atoms with Crippen LogP contribution in [0.25, 0.3) is 0 Å². The van der Waals surface area contributed by atoms with Gasteiger partial charge in [0.05, 0.1) is 6.04 Å². The van der Waals surface area contributed by atoms with Gasteiger partial charge in [0.1, 0.15) is 0 Å². The van der Waals surface area contributed by atoms with Crippen LogP contribution in [0.1, 0.15) is 24.9 Å². The lowest BCUT2D eigenvalue weighted by Gasteiger charge is -2.35. The molecule has 112 valence electrons. The smallest absolute Gasteiger partial charge is 0.194 e. The number of rotatable bonds is 4. The van der Waals surface area contributed by atoms with Gasteiger partial charge in [-0.3, -0.25) is 11.3 Å². The molecule has 1 heterocycles. The normalized spacial score (nSPS) is 24.6. The highest BCUT2D eigenvalue weighted by Crippen LogP contribution is 2.40. The third kappa shape index (κ3) is 3.10. The van der Waals surface area contributed by atoms with Gasteiger partial charge in [-0.1, -0.05) is 13.0 Å². The van der Waals surface area contributed by atoms with E-state index in [1.807, 2.05) is 11.8 Å². The molecule has 1 aliphatic rings. The van der Waals surface area contributed by atoms with Crippen LogP contribution < -0.4 is 11.3 Å². The van der Waals surface area contributed by atoms with Crippen LogP contribution in [0, 0.1) is 17.5 Å². The second-order valence-electron chi connectivity index (χ2n) is 4.56. The SMILES string of the molecule is CCC1SCCSC1C(NN)c1ccc(F)c(F)c1F. The van der Waals surface area contributed by atoms with E-state index in [1.165, 1.54) is 6.07 Å². The third-order valence-electron chi connectivity index (χ3n) is 3.40. The van der Waals surface area contributed by atoms with Crippen LogP contribution in [0.2, 0.25) is 0 Å². The minimum atomic E-state index is -1.44. The lowest BCUT2D eigenvalue weighted by molar-refractivity contribution is 0.420. The first-order chi connectivity index (χ1) is 9.60. The van der Waals surface area contributed by atoms with Gasteiger partial charge in [-0.05, 0) is 12.5 Å². The van der Waals surface area contributed by atoms with E-state index in [-0.39, 0.29) is 10.8 Å². The molecular weight excluding hydrogens is 305 g/mol. The Labute approximate surface area is 125 Å². The van der Waals surface area contributed by atoms with Crippen LogP contribution in [0.4, 0.5) is 13.2 Å². The fraction of sp³-hybridized carbons (Fsp3) is 0.538. The van der Waals surface area contributed by atoms with Crippen molar-refractivity contribution in [3.8, 4) is 0 Å². The van der Waals surface area contributed by atoms with E-state index in [4.69, 9.17) is 5.84 Å². The number of hydrazine groups is 1. The summed E-state index contributed by atoms with van der Waals surface area (Å²) in [6.07, 6.45) is 0.922. The Kier molecular flexibility index (Phi) is 5.65. The van der Waals surface area contributed by atoms with Crippen molar-refractivity contribution >= 4 is 23.5 Å². The van der Waals surface area contributed by atoms with E-state index in [0.717, 1.165) is 24.0 Å². The van der Waals surface area contributed by atoms with Crippen LogP contribution >= 0.6 is 23.5 Å². The van der Waals surface area contributed by atoms with Crippen molar-refractivity contribution in [2.45, 2.75) is 29.9 Å². The zero-order valence-corrected chi connectivity index (χ0v) is 12.7. The van der Waals surface area contributed by atoms with E-state index in [0.29, 0.717) is 5.25 Å². The maximum absolute atomic E-state index is 14.0. The minimum absolute atomic E-state index is 0.0307. The molecule has 0 aromatic heterocycles. The van der Waals surface area contributed by atoms with Gasteiger partial charge in [-0.25, -0.2) is 13.2 Å². The Balaban J connectivity index is 2.34. The molecule has 1 fully saturated rings. The van der Waals surface area contributed by atoms with Crippen LogP contribution in [-0.2, 0) is 0 Å². The van der Waals surface area contributed by atoms with Crippen LogP contribution in [0.5, 0.6) is 0 Å². The van der Waals surface area contributed by atoms with E-state index in [9.17, 15) is 13.2 Å². The fourth-order valence-corrected chi connectivity index (χ4v) is 5.61. The summed E-state index contributed by atoms with van der Waals surface area (Å²) in [5.41, 5.74) is 2.66. The van der Waals surface area contributed by atoms with Crippen molar-refractivity contribution in [2.75, 3.05) is 11.5 Å². The Hall–Kier alpha value is -0.370. The topological polar surface area (TPSA) is 38.0 Å². The Morgan fingerprint density at radius 3 is 2.60 bits per heavy atom. The van der Waals surface area contributed by atoms with Crippen molar-refractivity contribution in [1.82, 2.24) is 5.43 Å². The number of halogens is 3. The van der Waals surface area contributed by atoms with Gasteiger partial charge in [-0.2, -0.15) is 23.5 Å². The van der Waals surface area contributed by atoms with E-state index in [1.54, 1.807) is 11.8 Å². The van der Waals surface area contributed by atoms with Crippen molar-refractivity contribution in [3.05, 3.63) is 35.1 Å². The number of nitrogens with one attached hydrogen (secondary N) is 1. The number of hydrogen-bond donors (Lipinski definition) is 2. The molecule has 20 heavy (non-hydrogen) atoms. The standard InChI is InChI=1S/C13H17F3N2S2/c1-2-9-13(20-6-5-19-9)12(18-17)7-3-4-8(14)11(16)10(7)15/h3-4,9,12-13,18H,2,5-6,17H2,1H3. The molecule has 0 aliphatic carbocycles. The monoisotopic (exact) mass is 322 g/mol. The number of nitrogens with two attached hydrogens (primary N) is 1. The summed E-state index contributed by atoms with van der Waals surface area (Å²) >= 11 is 3.51. The molecule has 2 rings (SSSR count). The molecular formula is C13H17F3N2S2. The van der Waals surface area contributed by atoms with E-state index < -0.39 is 23.5 Å². The Morgan fingerprint density at radius 1 is 1.25 bits per heavy atom. The molecule has 3 unspecified atom stereocenters. The molecule has 7 heteroatoms. The summed E-state index contributed by atoms with van der Waals surface area (Å²) in [4.78, 5) is 0. The highest BCUT2D eigenvalue weighted by atomic mass is 32.2. The van der Waals surface area contributed by atoms with E-state index in [2.05, 4.69) is 12.3 Å². The second-order valence-corrected chi connectivity index (χ2v) is 7.19. The molecule has 1 aromatic rings. The second kappa shape index (κ2) is 7.06. The molecule has 1 aliphatic heterocycles. The molecule has 0 saturated carbocycles. The molecule has 3 atom stereocenters. The van der Waals surface area contributed by atoms with Gasteiger partial charge >= 0.3 is 0 Å². The van der Waals surface area contributed by atoms with Crippen LogP contribution in [0.3, 0.4) is 0 Å². The predicted octanol–water partition coefficient (Wildman–Crippen LogP) is 3.24. The summed E-state index contributed by atoms with van der Waals surface area (Å²) in [5.74, 6) is 3.76. The van der Waals surface area contributed by atoms with Crippen molar-refractivity contribution in [1.29, 1.82) is 0 Å². The number of hydrogen-bond acceptors (Lipinski definition) is 4. The van der Waals surface area contributed by atoms with Crippen molar-refractivity contribution in [3.63, 3.8) is 0 Å². The summed E-state index contributed by atoms with van der Waals surface area (Å²) in [7, 11) is 0. The largest absolute Gasteiger partial charge is 0.271 e. The van der Waals surface area contributed by atoms with Crippen molar-refractivity contribution in [2.24, 2.45) is 5.84 Å². The van der Waals surface area contributed by atoms with Crippen molar-refractivity contribution < 1.29 is 13.2 Å². The highest BCUT2D eigenvalue weighted by molar-refractivity contribution is 8.07. The molecule has 0 amide bonds. The highest BCUT2D eigenvalue weighted by Gasteiger charge is 2.34. The van der Waals surface area contributed by atoms with Gasteiger partial charge in [-0.15, -0.1) is 0 Å². The maximum atomic E-state index is 14.0. The number of thioether (sulfide) groups is 2. The molecule has 1 saturated heterocycles. The van der Waals surface area contributed by atoms with Crippen LogP contribution in [0.15, 0.2) is 12.1 Å². The number of benzene rings is 1. The lowest BCUT2D eigenvalue weighted by atomic mass is 10.00. The van der Waals surface area contributed by atoms with Gasteiger partial charge in [0.15, 0.2) is 17.5 Å². The van der Waals surface area contributed by atoms with Crippen LogP contribution in [-0.4, -0.2) is 22.0 Å². The average Bonchev–Trinajstić information content (AvgIpc) is 2.48. The van der Waals surface area contributed by atoms with Gasteiger partial charge in [0, 0.05) is 27.6 Å². The summed E-state index contributed by atoms with van der Waals surface area (Å²) < 4.78 is 40.4. The zero-order chi connectivity index (χ0) is 14.7. The summed E-state index contributed by atoms with van der Waals surface area (Å²) in [6.45, 7) is 2.06. The fourth-order valence-electron chi connectivity index (χ4n) is 2.39. The lowest BCUT2D eigenvalue weighted by Crippen LogP contribution is -2.42. The predicted molar refractivity (Wildman–Crippen MR) is 79.2 cm³/mol. The minimum Gasteiger partial charge on any atom is -0.271 e. The van der Waals surface area contributed by atoms with Gasteiger partial charge < -0.3 is 0 Å². The average molecular weight is 322 g/mol. The first kappa shape index (κ1) is 16.0. The first-order valence-corrected chi connectivity index (χ1v) is 8.52. The van der Waals surface area contributed by atoms with Gasteiger partial charge in [0.2, 0.25) is 0 Å². The van der Waals surface area contributed by atoms with E-state index >= 15 is 0 Å². The van der Waals surface area contributed by atoms with Gasteiger partial charge in [0.25, 0.3) is 0 Å². The zero-order valence-electron chi connectivity index (χ0n) is 11.0. The molecule has 0 bridgehead atoms. The Morgan fingerprint density at radius 2 is 1.95 bits per heavy atom. The third-order valence-corrected chi connectivity index (χ3v) is 6.75. The molecule has 0 spiro atoms. The molecule has 2 nitrogen and oxygen atoms in total. The molecule has 1 aromatic carbocycles.